The first-order chi connectivity index (χ1) is 13.7. The molecule has 4 rings (SSSR count). The summed E-state index contributed by atoms with van der Waals surface area (Å²) in [5, 5.41) is 14.7. The Bertz CT molecular complexity index is 837. The zero-order valence-electron chi connectivity index (χ0n) is 17.1. The first-order valence-corrected chi connectivity index (χ1v) is 10.9. The molecule has 0 unspecified atom stereocenters. The van der Waals surface area contributed by atoms with Crippen LogP contribution in [0.1, 0.15) is 56.1 Å². The van der Waals surface area contributed by atoms with Gasteiger partial charge >= 0.3 is 0 Å². The van der Waals surface area contributed by atoms with Gasteiger partial charge in [-0.1, -0.05) is 23.8 Å². The Labute approximate surface area is 168 Å². The number of allylic oxidation sites excluding steroid dienone is 1. The maximum absolute atomic E-state index is 9.88. The molecule has 1 aromatic heterocycles. The molecule has 1 aliphatic heterocycles. The van der Waals surface area contributed by atoms with Crippen molar-refractivity contribution < 1.29 is 5.11 Å². The number of benzene rings is 1. The summed E-state index contributed by atoms with van der Waals surface area (Å²) in [6.45, 7) is 5.75. The van der Waals surface area contributed by atoms with Gasteiger partial charge < -0.3 is 15.3 Å². The van der Waals surface area contributed by atoms with E-state index in [-0.39, 0.29) is 6.10 Å². The van der Waals surface area contributed by atoms with Crippen molar-refractivity contribution in [3.63, 3.8) is 0 Å². The monoisotopic (exact) mass is 379 g/mol. The minimum Gasteiger partial charge on any atom is -0.393 e. The van der Waals surface area contributed by atoms with Crippen LogP contribution in [0.4, 0.5) is 5.82 Å². The number of hydrogen-bond acceptors (Lipinski definition) is 4. The molecule has 150 valence electrons. The molecule has 28 heavy (non-hydrogen) atoms. The number of pyridine rings is 1. The maximum atomic E-state index is 9.88. The fourth-order valence-electron chi connectivity index (χ4n) is 4.40. The molecule has 1 saturated heterocycles. The van der Waals surface area contributed by atoms with Gasteiger partial charge in [-0.15, -0.1) is 0 Å². The number of nitrogens with zero attached hydrogens (tertiary/aromatic N) is 2. The van der Waals surface area contributed by atoms with Crippen LogP contribution in [-0.2, 0) is 6.54 Å². The number of aliphatic hydroxyl groups excluding tert-OH is 1. The summed E-state index contributed by atoms with van der Waals surface area (Å²) in [5.74, 6) is 1.09. The van der Waals surface area contributed by atoms with Gasteiger partial charge in [-0.3, -0.25) is 0 Å². The molecule has 0 atom stereocenters. The smallest absolute Gasteiger partial charge is 0.133 e. The van der Waals surface area contributed by atoms with Crippen LogP contribution in [-0.4, -0.2) is 35.8 Å². The molecular formula is C24H33N3O. The second-order valence-corrected chi connectivity index (χ2v) is 8.42. The molecule has 2 heterocycles. The lowest BCUT2D eigenvalue weighted by molar-refractivity contribution is 0.145. The zero-order valence-corrected chi connectivity index (χ0v) is 17.1. The summed E-state index contributed by atoms with van der Waals surface area (Å²) in [4.78, 5) is 7.40. The standard InChI is InChI=1S/C24H33N3O/c1-18-7-8-20-16-21(17-25-12-9-19-5-3-2-4-6-19)24(26-23(20)15-18)27-13-10-22(28)11-14-27/h5,7-8,15-16,22,25,28H,2-4,6,9-14,17H2,1H3. The molecule has 0 spiro atoms. The highest BCUT2D eigenvalue weighted by Crippen LogP contribution is 2.27. The summed E-state index contributed by atoms with van der Waals surface area (Å²) >= 11 is 0. The molecule has 2 aliphatic rings. The lowest BCUT2D eigenvalue weighted by Gasteiger charge is -2.32. The molecule has 0 radical (unpaired) electrons. The highest BCUT2D eigenvalue weighted by atomic mass is 16.3. The third-order valence-corrected chi connectivity index (χ3v) is 6.12. The van der Waals surface area contributed by atoms with Crippen molar-refractivity contribution >= 4 is 16.7 Å². The highest BCUT2D eigenvalue weighted by Gasteiger charge is 2.21. The van der Waals surface area contributed by atoms with E-state index < -0.39 is 0 Å². The maximum Gasteiger partial charge on any atom is 0.133 e. The third-order valence-electron chi connectivity index (χ3n) is 6.12. The van der Waals surface area contributed by atoms with Crippen molar-refractivity contribution in [2.45, 2.75) is 64.5 Å². The van der Waals surface area contributed by atoms with Crippen LogP contribution >= 0.6 is 0 Å². The number of hydrogen-bond donors (Lipinski definition) is 2. The number of fused-ring (bicyclic) bond motifs is 1. The Kier molecular flexibility index (Phi) is 6.28. The Morgan fingerprint density at radius 1 is 1.18 bits per heavy atom. The summed E-state index contributed by atoms with van der Waals surface area (Å²) in [6.07, 6.45) is 10.3. The number of rotatable bonds is 6. The summed E-state index contributed by atoms with van der Waals surface area (Å²) in [7, 11) is 0. The summed E-state index contributed by atoms with van der Waals surface area (Å²) in [5.41, 5.74) is 5.20. The van der Waals surface area contributed by atoms with E-state index in [1.54, 1.807) is 5.57 Å². The van der Waals surface area contributed by atoms with E-state index in [1.807, 2.05) is 0 Å². The van der Waals surface area contributed by atoms with Crippen molar-refractivity contribution in [3.8, 4) is 0 Å². The second kappa shape index (κ2) is 9.06. The van der Waals surface area contributed by atoms with Gasteiger partial charge in [-0.25, -0.2) is 4.98 Å². The van der Waals surface area contributed by atoms with E-state index in [0.29, 0.717) is 0 Å². The Balaban J connectivity index is 1.50. The van der Waals surface area contributed by atoms with Gasteiger partial charge in [0.2, 0.25) is 0 Å². The van der Waals surface area contributed by atoms with Crippen LogP contribution in [0.5, 0.6) is 0 Å². The lowest BCUT2D eigenvalue weighted by Crippen LogP contribution is -2.37. The fourth-order valence-corrected chi connectivity index (χ4v) is 4.40. The van der Waals surface area contributed by atoms with Crippen molar-refractivity contribution in [1.29, 1.82) is 0 Å². The molecule has 2 N–H and O–H groups in total. The largest absolute Gasteiger partial charge is 0.393 e. The van der Waals surface area contributed by atoms with Gasteiger partial charge in [0, 0.05) is 30.6 Å². The minimum absolute atomic E-state index is 0.163. The zero-order chi connectivity index (χ0) is 19.3. The van der Waals surface area contributed by atoms with Gasteiger partial charge in [0.05, 0.1) is 11.6 Å². The topological polar surface area (TPSA) is 48.4 Å². The van der Waals surface area contributed by atoms with Crippen molar-refractivity contribution in [3.05, 3.63) is 47.0 Å². The molecule has 4 heteroatoms. The Morgan fingerprint density at radius 2 is 2.04 bits per heavy atom. The molecule has 1 fully saturated rings. The molecule has 0 bridgehead atoms. The van der Waals surface area contributed by atoms with Gasteiger partial charge in [-0.2, -0.15) is 0 Å². The number of aryl methyl sites for hydroxylation is 1. The highest BCUT2D eigenvalue weighted by molar-refractivity contribution is 5.82. The van der Waals surface area contributed by atoms with Crippen molar-refractivity contribution in [2.75, 3.05) is 24.5 Å². The molecule has 1 aliphatic carbocycles. The molecule has 1 aromatic carbocycles. The first kappa shape index (κ1) is 19.4. The Morgan fingerprint density at radius 3 is 2.82 bits per heavy atom. The molecule has 0 amide bonds. The van der Waals surface area contributed by atoms with Crippen LogP contribution < -0.4 is 10.2 Å². The van der Waals surface area contributed by atoms with Crippen molar-refractivity contribution in [1.82, 2.24) is 10.3 Å². The van der Waals surface area contributed by atoms with E-state index in [2.05, 4.69) is 47.5 Å². The van der Waals surface area contributed by atoms with Gasteiger partial charge in [-0.05, 0) is 76.1 Å². The van der Waals surface area contributed by atoms with Crippen LogP contribution in [0.25, 0.3) is 10.9 Å². The lowest BCUT2D eigenvalue weighted by atomic mass is 9.97. The number of piperidine rings is 1. The van der Waals surface area contributed by atoms with E-state index in [0.717, 1.165) is 56.8 Å². The van der Waals surface area contributed by atoms with Crippen LogP contribution in [0, 0.1) is 6.92 Å². The van der Waals surface area contributed by atoms with E-state index in [4.69, 9.17) is 4.98 Å². The molecule has 0 saturated carbocycles. The van der Waals surface area contributed by atoms with Crippen LogP contribution in [0.3, 0.4) is 0 Å². The first-order valence-electron chi connectivity index (χ1n) is 10.9. The number of aliphatic hydroxyl groups is 1. The molecular weight excluding hydrogens is 346 g/mol. The van der Waals surface area contributed by atoms with E-state index in [9.17, 15) is 5.11 Å². The van der Waals surface area contributed by atoms with Crippen molar-refractivity contribution in [2.24, 2.45) is 0 Å². The quantitative estimate of drug-likeness (QED) is 0.574. The number of anilines is 1. The Hall–Kier alpha value is -1.91. The second-order valence-electron chi connectivity index (χ2n) is 8.42. The van der Waals surface area contributed by atoms with Gasteiger partial charge in [0.15, 0.2) is 0 Å². The number of aromatic nitrogens is 1. The molecule has 4 nitrogen and oxygen atoms in total. The van der Waals surface area contributed by atoms with Crippen LogP contribution in [0.15, 0.2) is 35.9 Å². The minimum atomic E-state index is -0.163. The summed E-state index contributed by atoms with van der Waals surface area (Å²) in [6, 6.07) is 8.81. The van der Waals surface area contributed by atoms with Gasteiger partial charge in [0.1, 0.15) is 5.82 Å². The third kappa shape index (κ3) is 4.73. The van der Waals surface area contributed by atoms with E-state index >= 15 is 0 Å². The van der Waals surface area contributed by atoms with Crippen LogP contribution in [0.2, 0.25) is 0 Å². The molecule has 2 aromatic rings. The average molecular weight is 380 g/mol. The predicted octanol–water partition coefficient (Wildman–Crippen LogP) is 4.48. The summed E-state index contributed by atoms with van der Waals surface area (Å²) < 4.78 is 0. The predicted molar refractivity (Wildman–Crippen MR) is 117 cm³/mol. The number of nitrogens with one attached hydrogen (secondary N) is 1. The normalized spacial score (nSPS) is 18.5. The average Bonchev–Trinajstić information content (AvgIpc) is 2.72. The van der Waals surface area contributed by atoms with E-state index in [1.165, 1.54) is 42.2 Å². The fraction of sp³-hybridized carbons (Fsp3) is 0.542. The SMILES string of the molecule is Cc1ccc2cc(CNCCC3=CCCCC3)c(N3CCC(O)CC3)nc2c1. The van der Waals surface area contributed by atoms with Gasteiger partial charge in [0.25, 0.3) is 0 Å².